The topological polar surface area (TPSA) is 61.7 Å². The van der Waals surface area contributed by atoms with Crippen molar-refractivity contribution in [2.75, 3.05) is 0 Å². The number of halogens is 1. The van der Waals surface area contributed by atoms with Crippen molar-refractivity contribution in [3.8, 4) is 34.4 Å². The molecule has 11 rings (SSSR count). The highest BCUT2D eigenvalue weighted by Gasteiger charge is 2.24. The van der Waals surface area contributed by atoms with Gasteiger partial charge in [0, 0.05) is 43.6 Å². The van der Waals surface area contributed by atoms with Crippen LogP contribution in [0.2, 0.25) is 0 Å². The van der Waals surface area contributed by atoms with Gasteiger partial charge in [0.25, 0.3) is 0 Å². The third-order valence-corrected chi connectivity index (χ3v) is 10.1. The fourth-order valence-corrected chi connectivity index (χ4v) is 7.82. The quantitative estimate of drug-likeness (QED) is 0.187. The van der Waals surface area contributed by atoms with E-state index in [0.717, 1.165) is 60.2 Å². The van der Waals surface area contributed by atoms with Crippen LogP contribution in [-0.2, 0) is 0 Å². The van der Waals surface area contributed by atoms with Crippen molar-refractivity contribution in [3.63, 3.8) is 0 Å². The SMILES string of the molecule is Fc1cccc2c1oc1c(-c3nc(-c4ccccc4)nc(-n4c5ccccc5c5ccc6c7ccccc7n(-c7ccccc7)c6c54)n3)cccc12. The first-order valence-electron chi connectivity index (χ1n) is 17.2. The number of benzene rings is 7. The van der Waals surface area contributed by atoms with Crippen LogP contribution < -0.4 is 0 Å². The molecule has 0 N–H and O–H groups in total. The van der Waals surface area contributed by atoms with Gasteiger partial charge in [-0.25, -0.2) is 9.37 Å². The fourth-order valence-electron chi connectivity index (χ4n) is 7.82. The highest BCUT2D eigenvalue weighted by Crippen LogP contribution is 2.42. The van der Waals surface area contributed by atoms with E-state index in [-0.39, 0.29) is 5.58 Å². The molecule has 52 heavy (non-hydrogen) atoms. The average Bonchev–Trinajstić information content (AvgIpc) is 3.87. The third-order valence-electron chi connectivity index (χ3n) is 10.1. The Morgan fingerprint density at radius 3 is 1.71 bits per heavy atom. The third kappa shape index (κ3) is 4.07. The molecule has 0 atom stereocenters. The molecule has 0 aliphatic carbocycles. The second-order valence-electron chi connectivity index (χ2n) is 12.9. The fraction of sp³-hybridized carbons (Fsp3) is 0. The van der Waals surface area contributed by atoms with E-state index in [1.54, 1.807) is 6.07 Å². The van der Waals surface area contributed by atoms with Crippen LogP contribution in [0.1, 0.15) is 0 Å². The molecule has 0 amide bonds. The van der Waals surface area contributed by atoms with Crippen LogP contribution in [0.15, 0.2) is 162 Å². The zero-order chi connectivity index (χ0) is 34.3. The molecule has 0 spiro atoms. The molecule has 4 heterocycles. The van der Waals surface area contributed by atoms with E-state index in [4.69, 9.17) is 19.4 Å². The van der Waals surface area contributed by atoms with Gasteiger partial charge < -0.3 is 8.98 Å². The van der Waals surface area contributed by atoms with Gasteiger partial charge in [0.2, 0.25) is 5.95 Å². The highest BCUT2D eigenvalue weighted by atomic mass is 19.1. The summed E-state index contributed by atoms with van der Waals surface area (Å²) in [6.45, 7) is 0. The minimum atomic E-state index is -0.413. The molecule has 0 saturated carbocycles. The summed E-state index contributed by atoms with van der Waals surface area (Å²) in [5, 5.41) is 5.95. The summed E-state index contributed by atoms with van der Waals surface area (Å²) in [7, 11) is 0. The van der Waals surface area contributed by atoms with Gasteiger partial charge in [0.15, 0.2) is 23.0 Å². The number of nitrogens with zero attached hydrogens (tertiary/aromatic N) is 5. The molecule has 0 aliphatic heterocycles. The van der Waals surface area contributed by atoms with Gasteiger partial charge in [0.05, 0.1) is 27.6 Å². The van der Waals surface area contributed by atoms with Crippen LogP contribution in [0.4, 0.5) is 4.39 Å². The predicted octanol–water partition coefficient (Wildman–Crippen LogP) is 11.4. The summed E-state index contributed by atoms with van der Waals surface area (Å²) in [6, 6.07) is 52.5. The lowest BCUT2D eigenvalue weighted by molar-refractivity contribution is 0.584. The molecular formula is C45H26FN5O. The average molecular weight is 672 g/mol. The monoisotopic (exact) mass is 671 g/mol. The van der Waals surface area contributed by atoms with Gasteiger partial charge in [-0.15, -0.1) is 0 Å². The van der Waals surface area contributed by atoms with Crippen molar-refractivity contribution in [2.45, 2.75) is 0 Å². The van der Waals surface area contributed by atoms with Crippen molar-refractivity contribution in [3.05, 3.63) is 164 Å². The van der Waals surface area contributed by atoms with Gasteiger partial charge in [0.1, 0.15) is 5.58 Å². The largest absolute Gasteiger partial charge is 0.452 e. The first kappa shape index (κ1) is 28.7. The summed E-state index contributed by atoms with van der Waals surface area (Å²) in [6.07, 6.45) is 0. The maximum Gasteiger partial charge on any atom is 0.238 e. The van der Waals surface area contributed by atoms with Gasteiger partial charge >= 0.3 is 0 Å². The van der Waals surface area contributed by atoms with Crippen LogP contribution >= 0.6 is 0 Å². The maximum atomic E-state index is 15.0. The molecule has 0 radical (unpaired) electrons. The van der Waals surface area contributed by atoms with Crippen molar-refractivity contribution in [1.29, 1.82) is 0 Å². The zero-order valence-corrected chi connectivity index (χ0v) is 27.5. The Kier molecular flexibility index (Phi) is 6.04. The van der Waals surface area contributed by atoms with E-state index in [1.807, 2.05) is 66.7 Å². The van der Waals surface area contributed by atoms with Gasteiger partial charge in [-0.2, -0.15) is 9.97 Å². The zero-order valence-electron chi connectivity index (χ0n) is 27.5. The second kappa shape index (κ2) is 10.9. The molecule has 0 saturated heterocycles. The van der Waals surface area contributed by atoms with Crippen molar-refractivity contribution in [1.82, 2.24) is 24.1 Å². The molecule has 0 fully saturated rings. The summed E-state index contributed by atoms with van der Waals surface area (Å²) < 4.78 is 25.8. The van der Waals surface area contributed by atoms with Crippen molar-refractivity contribution < 1.29 is 8.81 Å². The van der Waals surface area contributed by atoms with Crippen molar-refractivity contribution >= 4 is 65.6 Å². The number of rotatable bonds is 4. The number of hydrogen-bond acceptors (Lipinski definition) is 4. The molecule has 6 nitrogen and oxygen atoms in total. The van der Waals surface area contributed by atoms with Gasteiger partial charge in [-0.05, 0) is 36.4 Å². The Bertz CT molecular complexity index is 3200. The molecule has 7 heteroatoms. The van der Waals surface area contributed by atoms with Crippen molar-refractivity contribution in [2.24, 2.45) is 0 Å². The molecule has 0 bridgehead atoms. The lowest BCUT2D eigenvalue weighted by Crippen LogP contribution is -2.07. The highest BCUT2D eigenvalue weighted by molar-refractivity contribution is 6.23. The Labute approximate surface area is 295 Å². The Balaban J connectivity index is 1.30. The summed E-state index contributed by atoms with van der Waals surface area (Å²) >= 11 is 0. The van der Waals surface area contributed by atoms with E-state index < -0.39 is 5.82 Å². The Hall–Kier alpha value is -7.12. The lowest BCUT2D eigenvalue weighted by Gasteiger charge is -2.13. The minimum absolute atomic E-state index is 0.209. The second-order valence-corrected chi connectivity index (χ2v) is 12.9. The molecule has 4 aromatic heterocycles. The molecule has 0 unspecified atom stereocenters. The van der Waals surface area contributed by atoms with E-state index >= 15 is 4.39 Å². The van der Waals surface area contributed by atoms with Gasteiger partial charge in [-0.3, -0.25) is 4.57 Å². The first-order chi connectivity index (χ1) is 25.7. The van der Waals surface area contributed by atoms with E-state index in [0.29, 0.717) is 34.1 Å². The van der Waals surface area contributed by atoms with Crippen LogP contribution in [0.5, 0.6) is 0 Å². The molecule has 0 aliphatic rings. The summed E-state index contributed by atoms with van der Waals surface area (Å²) in [5.41, 5.74) is 7.40. The Morgan fingerprint density at radius 1 is 0.423 bits per heavy atom. The number of fused-ring (bicyclic) bond motifs is 10. The summed E-state index contributed by atoms with van der Waals surface area (Å²) in [5.74, 6) is 0.994. The van der Waals surface area contributed by atoms with Crippen LogP contribution in [0, 0.1) is 5.82 Å². The standard InChI is InChI=1S/C45H26FN5O/c46-36-22-12-20-34-33-19-11-21-35(41(33)52-42(34)36)44-47-43(27-13-3-1-4-14-27)48-45(49-44)51-38-24-10-8-18-30(38)32-26-25-31-29-17-7-9-23-37(29)50(39(31)40(32)51)28-15-5-2-6-16-28/h1-26H. The van der Waals surface area contributed by atoms with E-state index in [1.165, 1.54) is 6.07 Å². The molecule has 11 aromatic rings. The van der Waals surface area contributed by atoms with E-state index in [2.05, 4.69) is 88.0 Å². The Morgan fingerprint density at radius 2 is 0.981 bits per heavy atom. The number of furan rings is 1. The normalized spacial score (nSPS) is 11.9. The number of para-hydroxylation sites is 5. The van der Waals surface area contributed by atoms with Crippen LogP contribution in [-0.4, -0.2) is 24.1 Å². The smallest absolute Gasteiger partial charge is 0.238 e. The summed E-state index contributed by atoms with van der Waals surface area (Å²) in [4.78, 5) is 15.5. The molecule has 7 aromatic carbocycles. The predicted molar refractivity (Wildman–Crippen MR) is 207 cm³/mol. The van der Waals surface area contributed by atoms with Crippen LogP contribution in [0.3, 0.4) is 0 Å². The minimum Gasteiger partial charge on any atom is -0.452 e. The van der Waals surface area contributed by atoms with Crippen LogP contribution in [0.25, 0.3) is 100.0 Å². The first-order valence-corrected chi connectivity index (χ1v) is 17.2. The number of aromatic nitrogens is 5. The molecule has 244 valence electrons. The van der Waals surface area contributed by atoms with Gasteiger partial charge in [-0.1, -0.05) is 121 Å². The lowest BCUT2D eigenvalue weighted by atomic mass is 10.1. The molecular weight excluding hydrogens is 646 g/mol. The number of hydrogen-bond donors (Lipinski definition) is 0. The maximum absolute atomic E-state index is 15.0. The van der Waals surface area contributed by atoms with E-state index in [9.17, 15) is 0 Å².